The first kappa shape index (κ1) is 16.2. The maximum absolute atomic E-state index is 5.95. The van der Waals surface area contributed by atoms with Crippen LogP contribution in [0.4, 0.5) is 5.69 Å². The maximum atomic E-state index is 5.95. The standard InChI is InChI=1S/C16H26ClNO/c1-5-19-15-8-7-14(11-13(15)12-17)18-10-6-9-16(2,3)4/h7-8,11,18H,5-6,9-10,12H2,1-4H3. The van der Waals surface area contributed by atoms with Gasteiger partial charge in [0.25, 0.3) is 0 Å². The van der Waals surface area contributed by atoms with Crippen molar-refractivity contribution in [1.29, 1.82) is 0 Å². The molecule has 0 amide bonds. The van der Waals surface area contributed by atoms with Crippen LogP contribution < -0.4 is 10.1 Å². The topological polar surface area (TPSA) is 21.3 Å². The van der Waals surface area contributed by atoms with Crippen LogP contribution in [0.5, 0.6) is 5.75 Å². The minimum absolute atomic E-state index is 0.405. The second-order valence-electron chi connectivity index (χ2n) is 5.98. The lowest BCUT2D eigenvalue weighted by Gasteiger charge is -2.18. The van der Waals surface area contributed by atoms with Gasteiger partial charge in [0.05, 0.1) is 12.5 Å². The highest BCUT2D eigenvalue weighted by Gasteiger charge is 2.09. The molecule has 0 aliphatic heterocycles. The first-order chi connectivity index (χ1) is 8.96. The van der Waals surface area contributed by atoms with Crippen LogP contribution in [0, 0.1) is 5.41 Å². The van der Waals surface area contributed by atoms with Gasteiger partial charge in [-0.15, -0.1) is 11.6 Å². The van der Waals surface area contributed by atoms with Gasteiger partial charge < -0.3 is 10.1 Å². The van der Waals surface area contributed by atoms with Crippen LogP contribution >= 0.6 is 11.6 Å². The number of anilines is 1. The minimum atomic E-state index is 0.405. The zero-order valence-electron chi connectivity index (χ0n) is 12.6. The molecule has 0 fully saturated rings. The highest BCUT2D eigenvalue weighted by molar-refractivity contribution is 6.17. The van der Waals surface area contributed by atoms with E-state index in [1.165, 1.54) is 12.8 Å². The van der Waals surface area contributed by atoms with E-state index < -0.39 is 0 Å². The van der Waals surface area contributed by atoms with Crippen molar-refractivity contribution in [2.45, 2.75) is 46.4 Å². The molecule has 2 nitrogen and oxygen atoms in total. The maximum Gasteiger partial charge on any atom is 0.123 e. The Kier molecular flexibility index (Phi) is 6.50. The number of ether oxygens (including phenoxy) is 1. The Bertz CT molecular complexity index is 385. The molecule has 0 aliphatic rings. The number of benzene rings is 1. The fraction of sp³-hybridized carbons (Fsp3) is 0.625. The Labute approximate surface area is 122 Å². The summed E-state index contributed by atoms with van der Waals surface area (Å²) < 4.78 is 5.54. The van der Waals surface area contributed by atoms with Gasteiger partial charge in [0.15, 0.2) is 0 Å². The number of alkyl halides is 1. The van der Waals surface area contributed by atoms with E-state index in [0.29, 0.717) is 17.9 Å². The molecule has 0 saturated carbocycles. The van der Waals surface area contributed by atoms with Crippen molar-refractivity contribution >= 4 is 17.3 Å². The van der Waals surface area contributed by atoms with Gasteiger partial charge in [-0.2, -0.15) is 0 Å². The van der Waals surface area contributed by atoms with Crippen molar-refractivity contribution in [3.05, 3.63) is 23.8 Å². The molecule has 0 bridgehead atoms. The monoisotopic (exact) mass is 283 g/mol. The number of hydrogen-bond acceptors (Lipinski definition) is 2. The van der Waals surface area contributed by atoms with Gasteiger partial charge in [-0.1, -0.05) is 20.8 Å². The first-order valence-corrected chi connectivity index (χ1v) is 7.55. The van der Waals surface area contributed by atoms with Crippen molar-refractivity contribution in [3.8, 4) is 5.75 Å². The number of halogens is 1. The summed E-state index contributed by atoms with van der Waals surface area (Å²) in [6.45, 7) is 10.5. The molecule has 3 heteroatoms. The molecule has 1 rings (SSSR count). The van der Waals surface area contributed by atoms with E-state index >= 15 is 0 Å². The van der Waals surface area contributed by atoms with E-state index in [-0.39, 0.29) is 0 Å². The summed E-state index contributed by atoms with van der Waals surface area (Å²) in [7, 11) is 0. The number of hydrogen-bond donors (Lipinski definition) is 1. The molecule has 0 atom stereocenters. The molecule has 1 aromatic rings. The zero-order valence-corrected chi connectivity index (χ0v) is 13.3. The molecule has 19 heavy (non-hydrogen) atoms. The van der Waals surface area contributed by atoms with Crippen molar-refractivity contribution in [2.24, 2.45) is 5.41 Å². The van der Waals surface area contributed by atoms with Gasteiger partial charge in [0.2, 0.25) is 0 Å². The normalized spacial score (nSPS) is 11.4. The van der Waals surface area contributed by atoms with Crippen LogP contribution in [0.25, 0.3) is 0 Å². The average molecular weight is 284 g/mol. The molecule has 0 radical (unpaired) electrons. The molecule has 1 N–H and O–H groups in total. The van der Waals surface area contributed by atoms with Crippen LogP contribution in [0.15, 0.2) is 18.2 Å². The van der Waals surface area contributed by atoms with Crippen molar-refractivity contribution in [3.63, 3.8) is 0 Å². The first-order valence-electron chi connectivity index (χ1n) is 7.02. The fourth-order valence-electron chi connectivity index (χ4n) is 1.94. The largest absolute Gasteiger partial charge is 0.494 e. The molecule has 0 aromatic heterocycles. The van der Waals surface area contributed by atoms with Crippen molar-refractivity contribution < 1.29 is 4.74 Å². The van der Waals surface area contributed by atoms with Gasteiger partial charge in [-0.3, -0.25) is 0 Å². The summed E-state index contributed by atoms with van der Waals surface area (Å²) in [4.78, 5) is 0. The van der Waals surface area contributed by atoms with E-state index in [0.717, 1.165) is 23.5 Å². The Hall–Kier alpha value is -0.890. The SMILES string of the molecule is CCOc1ccc(NCCCC(C)(C)C)cc1CCl. The van der Waals surface area contributed by atoms with Gasteiger partial charge in [-0.05, 0) is 43.4 Å². The Morgan fingerprint density at radius 3 is 2.58 bits per heavy atom. The third kappa shape index (κ3) is 6.20. The summed E-state index contributed by atoms with van der Waals surface area (Å²) in [6, 6.07) is 6.13. The highest BCUT2D eigenvalue weighted by atomic mass is 35.5. The van der Waals surface area contributed by atoms with Gasteiger partial charge in [0, 0.05) is 17.8 Å². The molecular weight excluding hydrogens is 258 g/mol. The third-order valence-electron chi connectivity index (χ3n) is 2.94. The van der Waals surface area contributed by atoms with Crippen LogP contribution in [0.3, 0.4) is 0 Å². The Balaban J connectivity index is 2.50. The summed E-state index contributed by atoms with van der Waals surface area (Å²) in [5, 5.41) is 3.45. The summed E-state index contributed by atoms with van der Waals surface area (Å²) in [6.07, 6.45) is 2.40. The van der Waals surface area contributed by atoms with Crippen LogP contribution in [-0.4, -0.2) is 13.2 Å². The van der Waals surface area contributed by atoms with Gasteiger partial charge >= 0.3 is 0 Å². The predicted octanol–water partition coefficient (Wildman–Crippen LogP) is 5.06. The molecule has 0 heterocycles. The number of nitrogens with one attached hydrogen (secondary N) is 1. The minimum Gasteiger partial charge on any atom is -0.494 e. The highest BCUT2D eigenvalue weighted by Crippen LogP contribution is 2.25. The van der Waals surface area contributed by atoms with Gasteiger partial charge in [0.1, 0.15) is 5.75 Å². The lowest BCUT2D eigenvalue weighted by Crippen LogP contribution is -2.09. The van der Waals surface area contributed by atoms with E-state index in [1.807, 2.05) is 13.0 Å². The van der Waals surface area contributed by atoms with Crippen molar-refractivity contribution in [1.82, 2.24) is 0 Å². The lowest BCUT2D eigenvalue weighted by molar-refractivity contribution is 0.337. The Morgan fingerprint density at radius 1 is 1.26 bits per heavy atom. The predicted molar refractivity (Wildman–Crippen MR) is 84.3 cm³/mol. The van der Waals surface area contributed by atoms with E-state index in [9.17, 15) is 0 Å². The van der Waals surface area contributed by atoms with Crippen LogP contribution in [0.1, 0.15) is 46.1 Å². The van der Waals surface area contributed by atoms with Crippen LogP contribution in [-0.2, 0) is 5.88 Å². The molecular formula is C16H26ClNO. The molecule has 0 aliphatic carbocycles. The number of rotatable bonds is 7. The summed E-state index contributed by atoms with van der Waals surface area (Å²) >= 11 is 5.95. The van der Waals surface area contributed by atoms with Crippen LogP contribution in [0.2, 0.25) is 0 Å². The second-order valence-corrected chi connectivity index (χ2v) is 6.25. The van der Waals surface area contributed by atoms with E-state index in [2.05, 4.69) is 38.2 Å². The van der Waals surface area contributed by atoms with E-state index in [4.69, 9.17) is 16.3 Å². The molecule has 0 saturated heterocycles. The summed E-state index contributed by atoms with van der Waals surface area (Å²) in [5.74, 6) is 1.37. The van der Waals surface area contributed by atoms with Crippen molar-refractivity contribution in [2.75, 3.05) is 18.5 Å². The zero-order chi connectivity index (χ0) is 14.3. The third-order valence-corrected chi connectivity index (χ3v) is 3.22. The average Bonchev–Trinajstić information content (AvgIpc) is 2.35. The summed E-state index contributed by atoms with van der Waals surface area (Å²) in [5.41, 5.74) is 2.57. The Morgan fingerprint density at radius 2 is 2.00 bits per heavy atom. The fourth-order valence-corrected chi connectivity index (χ4v) is 2.15. The molecule has 1 aromatic carbocycles. The second kappa shape index (κ2) is 7.64. The molecule has 0 spiro atoms. The lowest BCUT2D eigenvalue weighted by atomic mass is 9.91. The molecule has 0 unspecified atom stereocenters. The van der Waals surface area contributed by atoms with E-state index in [1.54, 1.807) is 0 Å². The molecule has 108 valence electrons. The smallest absolute Gasteiger partial charge is 0.123 e. The quantitative estimate of drug-likeness (QED) is 0.558. The van der Waals surface area contributed by atoms with Gasteiger partial charge in [-0.25, -0.2) is 0 Å².